The topological polar surface area (TPSA) is 75.9 Å². The van der Waals surface area contributed by atoms with Gasteiger partial charge in [0.25, 0.3) is 11.8 Å². The average molecular weight is 329 g/mol. The fourth-order valence-electron chi connectivity index (χ4n) is 2.54. The van der Waals surface area contributed by atoms with Crippen molar-refractivity contribution in [1.29, 1.82) is 0 Å². The molecule has 2 heterocycles. The first kappa shape index (κ1) is 16.0. The highest BCUT2D eigenvalue weighted by atomic mass is 16.5. The molecular formula is C17H19N3O4. The Balaban J connectivity index is 1.55. The zero-order valence-electron chi connectivity index (χ0n) is 13.5. The average Bonchev–Trinajstić information content (AvgIpc) is 3.09. The summed E-state index contributed by atoms with van der Waals surface area (Å²) in [6.07, 6.45) is 0. The van der Waals surface area contributed by atoms with Gasteiger partial charge in [-0.15, -0.1) is 0 Å². The van der Waals surface area contributed by atoms with Gasteiger partial charge in [-0.05, 0) is 10.7 Å². The van der Waals surface area contributed by atoms with E-state index in [1.54, 1.807) is 9.80 Å². The van der Waals surface area contributed by atoms with Gasteiger partial charge in [-0.1, -0.05) is 30.3 Å². The highest BCUT2D eigenvalue weighted by Crippen LogP contribution is 2.16. The summed E-state index contributed by atoms with van der Waals surface area (Å²) in [5, 5.41) is 3.78. The lowest BCUT2D eigenvalue weighted by Crippen LogP contribution is -2.50. The summed E-state index contributed by atoms with van der Waals surface area (Å²) in [7, 11) is 0. The van der Waals surface area contributed by atoms with Gasteiger partial charge in [-0.3, -0.25) is 9.59 Å². The number of aromatic nitrogens is 1. The minimum atomic E-state index is -0.236. The molecule has 3 rings (SSSR count). The molecule has 1 aliphatic rings. The number of nitrogens with zero attached hydrogens (tertiary/aromatic N) is 3. The van der Waals surface area contributed by atoms with Crippen LogP contribution in [0, 0.1) is 0 Å². The van der Waals surface area contributed by atoms with Gasteiger partial charge >= 0.3 is 0 Å². The maximum Gasteiger partial charge on any atom is 0.292 e. The highest BCUT2D eigenvalue weighted by Gasteiger charge is 2.26. The molecule has 0 bridgehead atoms. The van der Waals surface area contributed by atoms with Crippen LogP contribution >= 0.6 is 0 Å². The molecule has 2 amide bonds. The van der Waals surface area contributed by atoms with Gasteiger partial charge in [0.05, 0.1) is 6.07 Å². The number of piperazine rings is 1. The first-order valence-electron chi connectivity index (χ1n) is 7.82. The first-order valence-corrected chi connectivity index (χ1v) is 7.82. The maximum atomic E-state index is 12.4. The van der Waals surface area contributed by atoms with Gasteiger partial charge in [0, 0.05) is 33.1 Å². The van der Waals surface area contributed by atoms with Crippen LogP contribution in [0.15, 0.2) is 40.9 Å². The molecule has 1 aromatic heterocycles. The monoisotopic (exact) mass is 329 g/mol. The van der Waals surface area contributed by atoms with Crippen LogP contribution in [-0.4, -0.2) is 52.9 Å². The van der Waals surface area contributed by atoms with E-state index in [0.717, 1.165) is 5.56 Å². The van der Waals surface area contributed by atoms with E-state index in [2.05, 4.69) is 5.16 Å². The van der Waals surface area contributed by atoms with Crippen molar-refractivity contribution in [2.24, 2.45) is 0 Å². The predicted molar refractivity (Wildman–Crippen MR) is 85.4 cm³/mol. The summed E-state index contributed by atoms with van der Waals surface area (Å²) in [5.41, 5.74) is 1.01. The number of rotatable bonds is 4. The summed E-state index contributed by atoms with van der Waals surface area (Å²) >= 11 is 0. The molecule has 7 nitrogen and oxygen atoms in total. The van der Waals surface area contributed by atoms with Crippen molar-refractivity contribution in [3.63, 3.8) is 0 Å². The minimum absolute atomic E-state index is 0.0263. The van der Waals surface area contributed by atoms with Gasteiger partial charge in [0.2, 0.25) is 11.7 Å². The van der Waals surface area contributed by atoms with E-state index < -0.39 is 0 Å². The van der Waals surface area contributed by atoms with Crippen molar-refractivity contribution in [3.8, 4) is 5.88 Å². The number of benzene rings is 1. The largest absolute Gasteiger partial charge is 0.471 e. The molecule has 0 atom stereocenters. The minimum Gasteiger partial charge on any atom is -0.471 e. The Morgan fingerprint density at radius 1 is 1.12 bits per heavy atom. The Hall–Kier alpha value is -2.83. The third-order valence-corrected chi connectivity index (χ3v) is 3.94. The van der Waals surface area contributed by atoms with Crippen LogP contribution in [0.2, 0.25) is 0 Å². The van der Waals surface area contributed by atoms with E-state index in [4.69, 9.17) is 9.26 Å². The predicted octanol–water partition coefficient (Wildman–Crippen LogP) is 1.56. The zero-order chi connectivity index (χ0) is 16.9. The lowest BCUT2D eigenvalue weighted by molar-refractivity contribution is -0.130. The molecule has 126 valence electrons. The molecular weight excluding hydrogens is 310 g/mol. The van der Waals surface area contributed by atoms with Gasteiger partial charge in [0.15, 0.2) is 0 Å². The second-order valence-electron chi connectivity index (χ2n) is 5.60. The molecule has 0 unspecified atom stereocenters. The first-order chi connectivity index (χ1) is 11.6. The lowest BCUT2D eigenvalue weighted by atomic mass is 10.2. The quantitative estimate of drug-likeness (QED) is 0.851. The van der Waals surface area contributed by atoms with Gasteiger partial charge < -0.3 is 19.1 Å². The van der Waals surface area contributed by atoms with Crippen molar-refractivity contribution in [2.75, 3.05) is 26.2 Å². The SMILES string of the molecule is CC(=O)N1CCN(C(=O)c2cc(OCc3ccccc3)no2)CC1. The number of ether oxygens (including phenoxy) is 1. The molecule has 1 saturated heterocycles. The number of carbonyl (C=O) groups excluding carboxylic acids is 2. The van der Waals surface area contributed by atoms with E-state index in [1.807, 2.05) is 30.3 Å². The van der Waals surface area contributed by atoms with Crippen LogP contribution in [0.5, 0.6) is 5.88 Å². The van der Waals surface area contributed by atoms with E-state index in [9.17, 15) is 9.59 Å². The van der Waals surface area contributed by atoms with Crippen molar-refractivity contribution in [2.45, 2.75) is 13.5 Å². The van der Waals surface area contributed by atoms with Crippen molar-refractivity contribution < 1.29 is 18.8 Å². The summed E-state index contributed by atoms with van der Waals surface area (Å²) in [4.78, 5) is 27.1. The lowest BCUT2D eigenvalue weighted by Gasteiger charge is -2.33. The van der Waals surface area contributed by atoms with E-state index in [1.165, 1.54) is 13.0 Å². The maximum absolute atomic E-state index is 12.4. The van der Waals surface area contributed by atoms with E-state index in [0.29, 0.717) is 32.8 Å². The van der Waals surface area contributed by atoms with Crippen LogP contribution in [-0.2, 0) is 11.4 Å². The Morgan fingerprint density at radius 2 is 1.79 bits per heavy atom. The molecule has 0 aliphatic carbocycles. The Kier molecular flexibility index (Phi) is 4.79. The van der Waals surface area contributed by atoms with E-state index >= 15 is 0 Å². The van der Waals surface area contributed by atoms with Crippen LogP contribution in [0.4, 0.5) is 0 Å². The van der Waals surface area contributed by atoms with Crippen LogP contribution < -0.4 is 4.74 Å². The molecule has 0 radical (unpaired) electrons. The van der Waals surface area contributed by atoms with Crippen molar-refractivity contribution >= 4 is 11.8 Å². The number of hydrogen-bond donors (Lipinski definition) is 0. The molecule has 1 fully saturated rings. The third kappa shape index (κ3) is 3.73. The molecule has 0 spiro atoms. The summed E-state index contributed by atoms with van der Waals surface area (Å²) in [6.45, 7) is 3.93. The number of hydrogen-bond acceptors (Lipinski definition) is 5. The van der Waals surface area contributed by atoms with Crippen LogP contribution in [0.1, 0.15) is 23.0 Å². The molecule has 2 aromatic rings. The van der Waals surface area contributed by atoms with Crippen LogP contribution in [0.3, 0.4) is 0 Å². The molecule has 24 heavy (non-hydrogen) atoms. The van der Waals surface area contributed by atoms with Crippen LogP contribution in [0.25, 0.3) is 0 Å². The Bertz CT molecular complexity index is 706. The fourth-order valence-corrected chi connectivity index (χ4v) is 2.54. The standard InChI is InChI=1S/C17H19N3O4/c1-13(21)19-7-9-20(10-8-19)17(22)15-11-16(18-24-15)23-12-14-5-3-2-4-6-14/h2-6,11H,7-10,12H2,1H3. The number of amides is 2. The summed E-state index contributed by atoms with van der Waals surface area (Å²) in [6, 6.07) is 11.2. The zero-order valence-corrected chi connectivity index (χ0v) is 13.5. The molecule has 1 aromatic carbocycles. The molecule has 7 heteroatoms. The number of carbonyl (C=O) groups is 2. The summed E-state index contributed by atoms with van der Waals surface area (Å²) < 4.78 is 10.6. The normalized spacial score (nSPS) is 14.5. The van der Waals surface area contributed by atoms with Gasteiger partial charge in [-0.2, -0.15) is 0 Å². The second-order valence-corrected chi connectivity index (χ2v) is 5.60. The molecule has 0 saturated carbocycles. The smallest absolute Gasteiger partial charge is 0.292 e. The molecule has 1 aliphatic heterocycles. The Labute approximate surface area is 139 Å². The molecule has 0 N–H and O–H groups in total. The Morgan fingerprint density at radius 3 is 2.46 bits per heavy atom. The van der Waals surface area contributed by atoms with Gasteiger partial charge in [0.1, 0.15) is 6.61 Å². The van der Waals surface area contributed by atoms with Crippen molar-refractivity contribution in [3.05, 3.63) is 47.7 Å². The summed E-state index contributed by atoms with van der Waals surface area (Å²) in [5.74, 6) is 0.220. The van der Waals surface area contributed by atoms with E-state index in [-0.39, 0.29) is 23.5 Å². The fraction of sp³-hybridized carbons (Fsp3) is 0.353. The van der Waals surface area contributed by atoms with Crippen molar-refractivity contribution in [1.82, 2.24) is 15.0 Å². The van der Waals surface area contributed by atoms with Gasteiger partial charge in [-0.25, -0.2) is 0 Å². The third-order valence-electron chi connectivity index (χ3n) is 3.94. The highest BCUT2D eigenvalue weighted by molar-refractivity contribution is 5.91. The second kappa shape index (κ2) is 7.16.